The quantitative estimate of drug-likeness (QED) is 0.515. The van der Waals surface area contributed by atoms with Crippen LogP contribution in [-0.2, 0) is 6.18 Å². The predicted octanol–water partition coefficient (Wildman–Crippen LogP) is 5.06. The van der Waals surface area contributed by atoms with E-state index in [2.05, 4.69) is 10.2 Å². The maximum atomic E-state index is 13.0. The summed E-state index contributed by atoms with van der Waals surface area (Å²) in [6, 6.07) is 8.39. The van der Waals surface area contributed by atoms with Crippen molar-refractivity contribution in [3.8, 4) is 5.75 Å². The van der Waals surface area contributed by atoms with Crippen LogP contribution < -0.4 is 4.74 Å². The Bertz CT molecular complexity index is 994. The zero-order valence-corrected chi connectivity index (χ0v) is 17.2. The Balaban J connectivity index is 1.67. The van der Waals surface area contributed by atoms with Gasteiger partial charge in [-0.25, -0.2) is 0 Å². The molecule has 156 valence electrons. The fraction of sp³-hybridized carbons (Fsp3) is 0.368. The Labute approximate surface area is 174 Å². The lowest BCUT2D eigenvalue weighted by atomic mass is 10.0. The molecule has 2 aromatic heterocycles. The van der Waals surface area contributed by atoms with Crippen LogP contribution in [0.15, 0.2) is 41.7 Å². The molecule has 5 nitrogen and oxygen atoms in total. The summed E-state index contributed by atoms with van der Waals surface area (Å²) in [5.41, 5.74) is 0.259. The number of nitrogens with zero attached hydrogens (tertiary/aromatic N) is 3. The van der Waals surface area contributed by atoms with Crippen molar-refractivity contribution in [2.45, 2.75) is 37.2 Å². The third kappa shape index (κ3) is 5.15. The highest BCUT2D eigenvalue weighted by molar-refractivity contribution is 7.99. The van der Waals surface area contributed by atoms with E-state index in [1.54, 1.807) is 0 Å². The number of para-hydroxylation sites is 1. The van der Waals surface area contributed by atoms with Gasteiger partial charge in [0, 0.05) is 11.9 Å². The smallest absolute Gasteiger partial charge is 0.417 e. The topological polar surface area (TPSA) is 59.7 Å². The number of hydrogen-bond acceptors (Lipinski definition) is 5. The van der Waals surface area contributed by atoms with Gasteiger partial charge in [-0.2, -0.15) is 13.2 Å². The molecule has 0 fully saturated rings. The molecule has 1 atom stereocenters. The van der Waals surface area contributed by atoms with Gasteiger partial charge in [0.15, 0.2) is 10.8 Å². The molecule has 0 saturated heterocycles. The Hall–Kier alpha value is -1.97. The molecule has 1 aromatic carbocycles. The molecule has 0 aliphatic rings. The van der Waals surface area contributed by atoms with Gasteiger partial charge in [-0.15, -0.1) is 10.2 Å². The van der Waals surface area contributed by atoms with Gasteiger partial charge in [-0.3, -0.25) is 4.40 Å². The predicted molar refractivity (Wildman–Crippen MR) is 106 cm³/mol. The van der Waals surface area contributed by atoms with Gasteiger partial charge in [0.1, 0.15) is 12.4 Å². The number of ether oxygens (including phenoxy) is 1. The number of halogens is 4. The number of benzene rings is 1. The normalized spacial score (nSPS) is 13.2. The molecule has 3 rings (SSSR count). The van der Waals surface area contributed by atoms with Crippen molar-refractivity contribution in [3.63, 3.8) is 0 Å². The second kappa shape index (κ2) is 8.81. The molecule has 29 heavy (non-hydrogen) atoms. The molecule has 0 amide bonds. The first-order valence-electron chi connectivity index (χ1n) is 8.81. The van der Waals surface area contributed by atoms with E-state index in [0.29, 0.717) is 5.75 Å². The zero-order chi connectivity index (χ0) is 21.2. The number of pyridine rings is 1. The van der Waals surface area contributed by atoms with Crippen LogP contribution in [-0.4, -0.2) is 38.2 Å². The molecule has 0 aliphatic heterocycles. The molecule has 0 spiro atoms. The maximum absolute atomic E-state index is 13.0. The minimum atomic E-state index is -4.54. The second-order valence-electron chi connectivity index (χ2n) is 6.72. The van der Waals surface area contributed by atoms with E-state index >= 15 is 0 Å². The van der Waals surface area contributed by atoms with Gasteiger partial charge in [0.05, 0.1) is 16.7 Å². The highest BCUT2D eigenvalue weighted by Crippen LogP contribution is 2.33. The van der Waals surface area contributed by atoms with Crippen molar-refractivity contribution in [2.75, 3.05) is 12.4 Å². The molecular formula is C19H19ClF3N3O2S. The number of aromatic nitrogens is 3. The lowest BCUT2D eigenvalue weighted by Gasteiger charge is -2.16. The van der Waals surface area contributed by atoms with E-state index < -0.39 is 17.8 Å². The van der Waals surface area contributed by atoms with E-state index in [9.17, 15) is 18.3 Å². The van der Waals surface area contributed by atoms with E-state index in [-0.39, 0.29) is 34.1 Å². The Morgan fingerprint density at radius 2 is 1.97 bits per heavy atom. The lowest BCUT2D eigenvalue weighted by molar-refractivity contribution is -0.137. The summed E-state index contributed by atoms with van der Waals surface area (Å²) in [5.74, 6) is 1.13. The number of rotatable bonds is 7. The molecule has 3 aromatic rings. The zero-order valence-electron chi connectivity index (χ0n) is 15.7. The second-order valence-corrected chi connectivity index (χ2v) is 8.11. The summed E-state index contributed by atoms with van der Waals surface area (Å²) in [6.45, 7) is 4.14. The Morgan fingerprint density at radius 3 is 2.66 bits per heavy atom. The largest absolute Gasteiger partial charge is 0.491 e. The molecule has 0 radical (unpaired) electrons. The van der Waals surface area contributed by atoms with Crippen LogP contribution in [0.2, 0.25) is 5.02 Å². The van der Waals surface area contributed by atoms with E-state index in [1.807, 2.05) is 38.1 Å². The van der Waals surface area contributed by atoms with Crippen LogP contribution >= 0.6 is 23.4 Å². The minimum absolute atomic E-state index is 0.0437. The van der Waals surface area contributed by atoms with Gasteiger partial charge < -0.3 is 9.84 Å². The monoisotopic (exact) mass is 445 g/mol. The summed E-state index contributed by atoms with van der Waals surface area (Å²) in [5, 5.41) is 18.0. The van der Waals surface area contributed by atoms with E-state index in [4.69, 9.17) is 16.3 Å². The standard InChI is InChI=1S/C19H19ClF3N3O2S/c1-11(2)14-5-3-4-6-16(14)28-9-13(27)10-29-18-25-24-17-15(20)7-12(8-26(17)18)19(21,22)23/h3-8,11,13,27H,9-10H2,1-2H3. The highest BCUT2D eigenvalue weighted by Gasteiger charge is 2.32. The molecule has 10 heteroatoms. The fourth-order valence-corrected chi connectivity index (χ4v) is 3.74. The van der Waals surface area contributed by atoms with Crippen molar-refractivity contribution in [1.82, 2.24) is 14.6 Å². The summed E-state index contributed by atoms with van der Waals surface area (Å²) in [6.07, 6.45) is -4.50. The van der Waals surface area contributed by atoms with Crippen molar-refractivity contribution >= 4 is 29.0 Å². The lowest BCUT2D eigenvalue weighted by Crippen LogP contribution is -2.20. The average molecular weight is 446 g/mol. The Kier molecular flexibility index (Phi) is 6.60. The van der Waals surface area contributed by atoms with Crippen LogP contribution in [0.1, 0.15) is 30.9 Å². The molecular weight excluding hydrogens is 427 g/mol. The van der Waals surface area contributed by atoms with Crippen molar-refractivity contribution < 1.29 is 23.0 Å². The highest BCUT2D eigenvalue weighted by atomic mass is 35.5. The number of aliphatic hydroxyl groups is 1. The van der Waals surface area contributed by atoms with E-state index in [0.717, 1.165) is 29.6 Å². The summed E-state index contributed by atoms with van der Waals surface area (Å²) >= 11 is 6.97. The van der Waals surface area contributed by atoms with Crippen LogP contribution in [0.5, 0.6) is 5.75 Å². The molecule has 1 N–H and O–H groups in total. The first-order chi connectivity index (χ1) is 13.7. The molecule has 2 heterocycles. The first-order valence-corrected chi connectivity index (χ1v) is 10.2. The summed E-state index contributed by atoms with van der Waals surface area (Å²) < 4.78 is 46.0. The first kappa shape index (κ1) is 21.7. The van der Waals surface area contributed by atoms with Gasteiger partial charge in [-0.1, -0.05) is 55.4 Å². The van der Waals surface area contributed by atoms with Crippen molar-refractivity contribution in [1.29, 1.82) is 0 Å². The van der Waals surface area contributed by atoms with Gasteiger partial charge in [0.2, 0.25) is 0 Å². The summed E-state index contributed by atoms with van der Waals surface area (Å²) in [7, 11) is 0. The van der Waals surface area contributed by atoms with Crippen LogP contribution in [0.25, 0.3) is 5.65 Å². The van der Waals surface area contributed by atoms with Crippen LogP contribution in [0.4, 0.5) is 13.2 Å². The SMILES string of the molecule is CC(C)c1ccccc1OCC(O)CSc1nnc2c(Cl)cc(C(F)(F)F)cn12. The molecule has 0 saturated carbocycles. The number of aliphatic hydroxyl groups excluding tert-OH is 1. The number of hydrogen-bond donors (Lipinski definition) is 1. The number of thioether (sulfide) groups is 1. The maximum Gasteiger partial charge on any atom is 0.417 e. The van der Waals surface area contributed by atoms with Gasteiger partial charge in [-0.05, 0) is 23.6 Å². The van der Waals surface area contributed by atoms with Crippen LogP contribution in [0, 0.1) is 0 Å². The van der Waals surface area contributed by atoms with Crippen molar-refractivity contribution in [3.05, 3.63) is 52.7 Å². The third-order valence-corrected chi connectivity index (χ3v) is 5.50. The van der Waals surface area contributed by atoms with Crippen molar-refractivity contribution in [2.24, 2.45) is 0 Å². The molecule has 0 bridgehead atoms. The molecule has 0 aliphatic carbocycles. The van der Waals surface area contributed by atoms with Crippen LogP contribution in [0.3, 0.4) is 0 Å². The average Bonchev–Trinajstić information content (AvgIpc) is 3.08. The minimum Gasteiger partial charge on any atom is -0.491 e. The fourth-order valence-electron chi connectivity index (χ4n) is 2.68. The number of fused-ring (bicyclic) bond motifs is 1. The number of alkyl halides is 3. The van der Waals surface area contributed by atoms with Gasteiger partial charge in [0.25, 0.3) is 0 Å². The van der Waals surface area contributed by atoms with Gasteiger partial charge >= 0.3 is 6.18 Å². The Morgan fingerprint density at radius 1 is 1.24 bits per heavy atom. The third-order valence-electron chi connectivity index (χ3n) is 4.13. The molecule has 1 unspecified atom stereocenters. The van der Waals surface area contributed by atoms with E-state index in [1.165, 1.54) is 4.40 Å². The summed E-state index contributed by atoms with van der Waals surface area (Å²) in [4.78, 5) is 0.